The van der Waals surface area contributed by atoms with E-state index in [1.165, 1.54) is 0 Å². The first-order chi connectivity index (χ1) is 21.7. The van der Waals surface area contributed by atoms with Gasteiger partial charge in [-0.25, -0.2) is 9.59 Å². The molecule has 2 heterocycles. The molecule has 1 saturated heterocycles. The summed E-state index contributed by atoms with van der Waals surface area (Å²) in [5.41, 5.74) is 5.98. The summed E-state index contributed by atoms with van der Waals surface area (Å²) in [5, 5.41) is 3.52. The van der Waals surface area contributed by atoms with Gasteiger partial charge in [0.25, 0.3) is 0 Å². The van der Waals surface area contributed by atoms with Gasteiger partial charge in [-0.3, -0.25) is 4.79 Å². The normalized spacial score (nSPS) is 20.0. The van der Waals surface area contributed by atoms with Crippen molar-refractivity contribution in [3.63, 3.8) is 0 Å². The first kappa shape index (κ1) is 32.5. The topological polar surface area (TPSA) is 84.9 Å². The summed E-state index contributed by atoms with van der Waals surface area (Å²) in [4.78, 5) is 41.8. The lowest BCUT2D eigenvalue weighted by atomic mass is 9.68. The average molecular weight is 613 g/mol. The van der Waals surface area contributed by atoms with Crippen LogP contribution in [0.3, 0.4) is 0 Å². The molecular weight excluding hydrogens is 564 g/mol. The minimum atomic E-state index is -0.473. The predicted molar refractivity (Wildman–Crippen MR) is 176 cm³/mol. The van der Waals surface area contributed by atoms with Crippen molar-refractivity contribution in [3.8, 4) is 11.1 Å². The van der Waals surface area contributed by atoms with E-state index in [0.717, 1.165) is 66.6 Å². The Labute approximate surface area is 268 Å². The maximum atomic E-state index is 13.9. The van der Waals surface area contributed by atoms with E-state index in [4.69, 9.17) is 9.47 Å². The molecule has 2 aliphatic heterocycles. The van der Waals surface area contributed by atoms with Gasteiger partial charge >= 0.3 is 12.1 Å². The van der Waals surface area contributed by atoms with E-state index < -0.39 is 5.92 Å². The molecule has 240 valence electrons. The molecule has 1 fully saturated rings. The quantitative estimate of drug-likeness (QED) is 0.217. The lowest BCUT2D eigenvalue weighted by Crippen LogP contribution is -2.39. The van der Waals surface area contributed by atoms with Gasteiger partial charge in [0.2, 0.25) is 0 Å². The Balaban J connectivity index is 1.31. The largest absolute Gasteiger partial charge is 0.462 e. The number of carbonyl (C=O) groups is 3. The van der Waals surface area contributed by atoms with Crippen molar-refractivity contribution in [1.82, 2.24) is 10.2 Å². The number of unbranched alkanes of at least 4 members (excludes halogenated alkanes) is 1. The summed E-state index contributed by atoms with van der Waals surface area (Å²) in [5.74, 6) is -0.373. The van der Waals surface area contributed by atoms with E-state index in [1.54, 1.807) is 4.90 Å². The first-order valence-corrected chi connectivity index (χ1v) is 16.7. The fraction of sp³-hybridized carbons (Fsp3) is 0.500. The molecule has 2 aromatic rings. The Morgan fingerprint density at radius 3 is 2.27 bits per heavy atom. The highest BCUT2D eigenvalue weighted by atomic mass is 16.6. The number of rotatable bonds is 10. The van der Waals surface area contributed by atoms with Gasteiger partial charge in [-0.2, -0.15) is 0 Å². The average Bonchev–Trinajstić information content (AvgIpc) is 3.04. The van der Waals surface area contributed by atoms with Crippen molar-refractivity contribution in [2.75, 3.05) is 26.3 Å². The second-order valence-electron chi connectivity index (χ2n) is 13.4. The van der Waals surface area contributed by atoms with Crippen molar-refractivity contribution < 1.29 is 23.9 Å². The molecule has 0 spiro atoms. The minimum absolute atomic E-state index is 0.0892. The number of piperidine rings is 1. The number of esters is 1. The minimum Gasteiger partial charge on any atom is -0.462 e. The van der Waals surface area contributed by atoms with E-state index >= 15 is 0 Å². The second-order valence-corrected chi connectivity index (χ2v) is 13.4. The van der Waals surface area contributed by atoms with E-state index in [-0.39, 0.29) is 23.3 Å². The summed E-state index contributed by atoms with van der Waals surface area (Å²) >= 11 is 0. The van der Waals surface area contributed by atoms with Crippen LogP contribution >= 0.6 is 0 Å². The molecule has 0 saturated carbocycles. The van der Waals surface area contributed by atoms with Crippen LogP contribution in [0.4, 0.5) is 4.79 Å². The molecule has 1 atom stereocenters. The Kier molecular flexibility index (Phi) is 10.5. The summed E-state index contributed by atoms with van der Waals surface area (Å²) < 4.78 is 11.3. The molecule has 1 aliphatic carbocycles. The van der Waals surface area contributed by atoms with Gasteiger partial charge in [-0.15, -0.1) is 0 Å². The van der Waals surface area contributed by atoms with E-state index in [2.05, 4.69) is 62.5 Å². The number of hydrogen-bond acceptors (Lipinski definition) is 6. The highest BCUT2D eigenvalue weighted by molar-refractivity contribution is 6.04. The predicted octanol–water partition coefficient (Wildman–Crippen LogP) is 7.93. The fourth-order valence-corrected chi connectivity index (χ4v) is 6.90. The summed E-state index contributed by atoms with van der Waals surface area (Å²) in [6.07, 6.45) is 5.94. The number of likely N-dealkylation sites (tertiary alicyclic amines) is 1. The van der Waals surface area contributed by atoms with Crippen LogP contribution in [0.2, 0.25) is 0 Å². The highest BCUT2D eigenvalue weighted by Crippen LogP contribution is 2.47. The summed E-state index contributed by atoms with van der Waals surface area (Å²) in [6, 6.07) is 18.4. The molecule has 0 radical (unpaired) electrons. The third kappa shape index (κ3) is 7.69. The van der Waals surface area contributed by atoms with Gasteiger partial charge in [0.15, 0.2) is 5.78 Å². The molecule has 1 unspecified atom stereocenters. The summed E-state index contributed by atoms with van der Waals surface area (Å²) in [6.45, 7) is 10.5. The van der Waals surface area contributed by atoms with E-state index in [0.29, 0.717) is 56.2 Å². The Hall–Kier alpha value is -3.87. The second kappa shape index (κ2) is 14.5. The number of carbonyl (C=O) groups excluding carboxylic acids is 3. The first-order valence-electron chi connectivity index (χ1n) is 16.7. The number of hydrogen-bond donors (Lipinski definition) is 1. The fourth-order valence-electron chi connectivity index (χ4n) is 6.90. The number of dihydropyridines is 1. The Morgan fingerprint density at radius 2 is 1.60 bits per heavy atom. The van der Waals surface area contributed by atoms with E-state index in [9.17, 15) is 14.4 Å². The third-order valence-electron chi connectivity index (χ3n) is 9.40. The van der Waals surface area contributed by atoms with Gasteiger partial charge in [0.1, 0.15) is 0 Å². The van der Waals surface area contributed by atoms with Crippen LogP contribution in [0, 0.1) is 11.3 Å². The summed E-state index contributed by atoms with van der Waals surface area (Å²) in [7, 11) is 0. The zero-order valence-electron chi connectivity index (χ0n) is 27.3. The monoisotopic (exact) mass is 612 g/mol. The van der Waals surface area contributed by atoms with Crippen molar-refractivity contribution in [2.24, 2.45) is 11.3 Å². The lowest BCUT2D eigenvalue weighted by molar-refractivity contribution is -0.139. The molecule has 1 N–H and O–H groups in total. The lowest BCUT2D eigenvalue weighted by Gasteiger charge is -2.40. The zero-order chi connectivity index (χ0) is 32.0. The maximum Gasteiger partial charge on any atom is 0.409 e. The molecule has 5 rings (SSSR count). The van der Waals surface area contributed by atoms with Crippen LogP contribution in [0.5, 0.6) is 0 Å². The molecule has 2 aromatic carbocycles. The number of ether oxygens (including phenoxy) is 2. The van der Waals surface area contributed by atoms with Crippen molar-refractivity contribution >= 4 is 17.8 Å². The number of Topliss-reactive ketones (excluding diaryl/α,β-unsaturated/α-hetero) is 1. The standard InChI is InChI=1S/C38H48N2O5/c1-5-7-22-45-37(43)40-20-17-26(18-21-40)19-23-44-36(42)35-30(6-2)39-31-24-38(3,4)25-32(41)34(31)33(35)29-15-13-28(14-16-29)27-11-9-8-10-12-27/h8-16,26,33,39H,5-7,17-25H2,1-4H3. The van der Waals surface area contributed by atoms with Crippen molar-refractivity contribution in [2.45, 2.75) is 85.0 Å². The van der Waals surface area contributed by atoms with E-state index in [1.807, 2.05) is 25.1 Å². The van der Waals surface area contributed by atoms with Gasteiger partial charge in [0, 0.05) is 42.4 Å². The number of nitrogens with zero attached hydrogens (tertiary/aromatic N) is 1. The van der Waals surface area contributed by atoms with Crippen LogP contribution in [0.25, 0.3) is 11.1 Å². The maximum absolute atomic E-state index is 13.9. The number of ketones is 1. The highest BCUT2D eigenvalue weighted by Gasteiger charge is 2.43. The zero-order valence-corrected chi connectivity index (χ0v) is 27.3. The SMILES string of the molecule is CCCCOC(=O)N1CCC(CCOC(=O)C2=C(CC)NC3=C(C(=O)CC(C)(C)C3)C2c2ccc(-c3ccccc3)cc2)CC1. The molecule has 7 nitrogen and oxygen atoms in total. The smallest absolute Gasteiger partial charge is 0.409 e. The van der Waals surface area contributed by atoms with Gasteiger partial charge < -0.3 is 19.7 Å². The molecule has 45 heavy (non-hydrogen) atoms. The van der Waals surface area contributed by atoms with Crippen molar-refractivity contribution in [3.05, 3.63) is 82.7 Å². The number of allylic oxidation sites excluding steroid dienone is 3. The van der Waals surface area contributed by atoms with Gasteiger partial charge in [-0.1, -0.05) is 88.7 Å². The molecule has 0 bridgehead atoms. The molecule has 3 aliphatic rings. The van der Waals surface area contributed by atoms with Crippen LogP contribution in [-0.4, -0.2) is 49.0 Å². The van der Waals surface area contributed by atoms with Crippen LogP contribution < -0.4 is 5.32 Å². The molecular formula is C38H48N2O5. The molecule has 1 amide bonds. The number of amides is 1. The molecule has 0 aromatic heterocycles. The van der Waals surface area contributed by atoms with Crippen molar-refractivity contribution in [1.29, 1.82) is 0 Å². The number of benzene rings is 2. The third-order valence-corrected chi connectivity index (χ3v) is 9.40. The van der Waals surface area contributed by atoms with Crippen LogP contribution in [0.1, 0.15) is 90.5 Å². The number of nitrogens with one attached hydrogen (secondary N) is 1. The van der Waals surface area contributed by atoms with Crippen LogP contribution in [0.15, 0.2) is 77.1 Å². The Morgan fingerprint density at radius 1 is 0.911 bits per heavy atom. The Bertz CT molecular complexity index is 1430. The van der Waals surface area contributed by atoms with Gasteiger partial charge in [0.05, 0.1) is 18.8 Å². The van der Waals surface area contributed by atoms with Gasteiger partial charge in [-0.05, 0) is 66.5 Å². The van der Waals surface area contributed by atoms with Crippen LogP contribution in [-0.2, 0) is 19.1 Å². The molecule has 7 heteroatoms.